The van der Waals surface area contributed by atoms with E-state index in [-0.39, 0.29) is 12.1 Å². The van der Waals surface area contributed by atoms with Crippen molar-refractivity contribution in [2.45, 2.75) is 45.4 Å². The zero-order valence-electron chi connectivity index (χ0n) is 13.1. The Morgan fingerprint density at radius 1 is 1.48 bits per heavy atom. The van der Waals surface area contributed by atoms with Crippen molar-refractivity contribution in [3.05, 3.63) is 29.8 Å². The van der Waals surface area contributed by atoms with Crippen molar-refractivity contribution >= 4 is 11.8 Å². The van der Waals surface area contributed by atoms with Crippen molar-refractivity contribution in [2.24, 2.45) is 5.73 Å². The first-order valence-corrected chi connectivity index (χ1v) is 7.41. The molecule has 0 spiro atoms. The summed E-state index contributed by atoms with van der Waals surface area (Å²) in [5.41, 5.74) is 7.50. The molecule has 0 bridgehead atoms. The number of anilines is 1. The van der Waals surface area contributed by atoms with Gasteiger partial charge in [0.2, 0.25) is 0 Å². The van der Waals surface area contributed by atoms with E-state index < -0.39 is 5.60 Å². The number of nitrogens with one attached hydrogen (secondary N) is 1. The van der Waals surface area contributed by atoms with Crippen LogP contribution in [0.5, 0.6) is 0 Å². The average molecular weight is 291 g/mol. The Hall–Kier alpha value is -1.75. The van der Waals surface area contributed by atoms with Crippen molar-refractivity contribution in [2.75, 3.05) is 18.0 Å². The highest BCUT2D eigenvalue weighted by Gasteiger charge is 2.26. The third-order valence-corrected chi connectivity index (χ3v) is 3.42. The van der Waals surface area contributed by atoms with E-state index in [9.17, 15) is 4.79 Å². The molecule has 116 valence electrons. The number of carbonyl (C=O) groups excluding carboxylic acids is 1. The summed E-state index contributed by atoms with van der Waals surface area (Å²) in [5, 5.41) is 2.94. The predicted molar refractivity (Wildman–Crippen MR) is 84.3 cm³/mol. The third-order valence-electron chi connectivity index (χ3n) is 3.42. The Morgan fingerprint density at radius 2 is 2.24 bits per heavy atom. The van der Waals surface area contributed by atoms with Gasteiger partial charge in [0.15, 0.2) is 0 Å². The Bertz CT molecular complexity index is 497. The molecule has 1 atom stereocenters. The number of nitrogens with zero attached hydrogens (tertiary/aromatic N) is 1. The number of hydrogen-bond acceptors (Lipinski definition) is 4. The van der Waals surface area contributed by atoms with Crippen LogP contribution < -0.4 is 16.0 Å². The van der Waals surface area contributed by atoms with Crippen LogP contribution in [0.2, 0.25) is 0 Å². The van der Waals surface area contributed by atoms with E-state index in [1.165, 1.54) is 0 Å². The first-order chi connectivity index (χ1) is 9.87. The standard InChI is InChI=1S/C16H25N3O2/c1-16(2,3)21-15(20)18-13-7-8-19(11-13)14-6-4-5-12(9-14)10-17/h4-6,9,13H,7-8,10-11,17H2,1-3H3,(H,18,20). The first kappa shape index (κ1) is 15.6. The summed E-state index contributed by atoms with van der Waals surface area (Å²) < 4.78 is 5.29. The second-order valence-corrected chi connectivity index (χ2v) is 6.45. The summed E-state index contributed by atoms with van der Waals surface area (Å²) in [6.07, 6.45) is 0.580. The number of carbonyl (C=O) groups is 1. The monoisotopic (exact) mass is 291 g/mol. The zero-order valence-corrected chi connectivity index (χ0v) is 13.1. The maximum absolute atomic E-state index is 11.8. The summed E-state index contributed by atoms with van der Waals surface area (Å²) in [5.74, 6) is 0. The minimum Gasteiger partial charge on any atom is -0.444 e. The van der Waals surface area contributed by atoms with Gasteiger partial charge in [-0.15, -0.1) is 0 Å². The van der Waals surface area contributed by atoms with Gasteiger partial charge in [-0.2, -0.15) is 0 Å². The molecule has 1 aromatic rings. The average Bonchev–Trinajstić information content (AvgIpc) is 2.85. The number of alkyl carbamates (subject to hydrolysis) is 1. The lowest BCUT2D eigenvalue weighted by Crippen LogP contribution is -2.40. The molecule has 1 saturated heterocycles. The van der Waals surface area contributed by atoms with Crippen LogP contribution in [0, 0.1) is 0 Å². The van der Waals surface area contributed by atoms with E-state index in [1.54, 1.807) is 0 Å². The molecule has 1 unspecified atom stereocenters. The van der Waals surface area contributed by atoms with Crippen LogP contribution in [0.1, 0.15) is 32.8 Å². The summed E-state index contributed by atoms with van der Waals surface area (Å²) >= 11 is 0. The van der Waals surface area contributed by atoms with Gasteiger partial charge in [-0.3, -0.25) is 0 Å². The molecule has 1 amide bonds. The minimum absolute atomic E-state index is 0.126. The molecule has 2 rings (SSSR count). The fourth-order valence-corrected chi connectivity index (χ4v) is 2.47. The summed E-state index contributed by atoms with van der Waals surface area (Å²) in [4.78, 5) is 14.1. The molecule has 1 aliphatic rings. The molecule has 3 N–H and O–H groups in total. The number of nitrogens with two attached hydrogens (primary N) is 1. The fraction of sp³-hybridized carbons (Fsp3) is 0.562. The van der Waals surface area contributed by atoms with Crippen LogP contribution in [0.25, 0.3) is 0 Å². The Balaban J connectivity index is 1.90. The lowest BCUT2D eigenvalue weighted by Gasteiger charge is -2.22. The maximum Gasteiger partial charge on any atom is 0.407 e. The SMILES string of the molecule is CC(C)(C)OC(=O)NC1CCN(c2cccc(CN)c2)C1. The summed E-state index contributed by atoms with van der Waals surface area (Å²) in [6, 6.07) is 8.36. The van der Waals surface area contributed by atoms with Gasteiger partial charge in [0.1, 0.15) is 5.60 Å². The maximum atomic E-state index is 11.8. The second kappa shape index (κ2) is 6.35. The molecule has 5 heteroatoms. The molecule has 1 aliphatic heterocycles. The van der Waals surface area contributed by atoms with Gasteiger partial charge >= 0.3 is 6.09 Å². The first-order valence-electron chi connectivity index (χ1n) is 7.41. The lowest BCUT2D eigenvalue weighted by atomic mass is 10.2. The van der Waals surface area contributed by atoms with Gasteiger partial charge in [0.05, 0.1) is 6.04 Å². The van der Waals surface area contributed by atoms with E-state index in [0.717, 1.165) is 30.8 Å². The Morgan fingerprint density at radius 3 is 2.90 bits per heavy atom. The summed E-state index contributed by atoms with van der Waals surface area (Å²) in [7, 11) is 0. The molecular weight excluding hydrogens is 266 g/mol. The Kier molecular flexibility index (Phi) is 4.73. The van der Waals surface area contributed by atoms with Gasteiger partial charge < -0.3 is 20.7 Å². The highest BCUT2D eigenvalue weighted by atomic mass is 16.6. The fourth-order valence-electron chi connectivity index (χ4n) is 2.47. The number of ether oxygens (including phenoxy) is 1. The molecule has 0 aromatic heterocycles. The Labute approximate surface area is 126 Å². The molecular formula is C16H25N3O2. The van der Waals surface area contributed by atoms with Gasteiger partial charge in [0, 0.05) is 25.3 Å². The van der Waals surface area contributed by atoms with Crippen LogP contribution >= 0.6 is 0 Å². The molecule has 1 heterocycles. The third kappa shape index (κ3) is 4.63. The van der Waals surface area contributed by atoms with E-state index in [4.69, 9.17) is 10.5 Å². The van der Waals surface area contributed by atoms with Crippen LogP contribution in [-0.4, -0.2) is 30.8 Å². The van der Waals surface area contributed by atoms with Gasteiger partial charge in [-0.1, -0.05) is 12.1 Å². The lowest BCUT2D eigenvalue weighted by molar-refractivity contribution is 0.0509. The molecule has 5 nitrogen and oxygen atoms in total. The van der Waals surface area contributed by atoms with Crippen LogP contribution in [0.4, 0.5) is 10.5 Å². The van der Waals surface area contributed by atoms with Gasteiger partial charge in [-0.25, -0.2) is 4.79 Å². The van der Waals surface area contributed by atoms with Crippen molar-refractivity contribution in [1.29, 1.82) is 0 Å². The second-order valence-electron chi connectivity index (χ2n) is 6.45. The number of benzene rings is 1. The molecule has 1 fully saturated rings. The molecule has 0 saturated carbocycles. The predicted octanol–water partition coefficient (Wildman–Crippen LogP) is 2.25. The number of hydrogen-bond donors (Lipinski definition) is 2. The quantitative estimate of drug-likeness (QED) is 0.896. The summed E-state index contributed by atoms with van der Waals surface area (Å²) in [6.45, 7) is 7.87. The van der Waals surface area contributed by atoms with Crippen LogP contribution in [-0.2, 0) is 11.3 Å². The zero-order chi connectivity index (χ0) is 15.5. The van der Waals surface area contributed by atoms with E-state index in [0.29, 0.717) is 6.54 Å². The van der Waals surface area contributed by atoms with Crippen LogP contribution in [0.15, 0.2) is 24.3 Å². The highest BCUT2D eigenvalue weighted by molar-refractivity contribution is 5.68. The smallest absolute Gasteiger partial charge is 0.407 e. The van der Waals surface area contributed by atoms with Crippen molar-refractivity contribution in [3.8, 4) is 0 Å². The molecule has 21 heavy (non-hydrogen) atoms. The number of rotatable bonds is 3. The van der Waals surface area contributed by atoms with E-state index in [2.05, 4.69) is 22.3 Å². The van der Waals surface area contributed by atoms with Crippen LogP contribution in [0.3, 0.4) is 0 Å². The topological polar surface area (TPSA) is 67.6 Å². The number of amides is 1. The largest absolute Gasteiger partial charge is 0.444 e. The van der Waals surface area contributed by atoms with E-state index >= 15 is 0 Å². The van der Waals surface area contributed by atoms with Crippen molar-refractivity contribution < 1.29 is 9.53 Å². The van der Waals surface area contributed by atoms with Crippen molar-refractivity contribution in [1.82, 2.24) is 5.32 Å². The molecule has 0 radical (unpaired) electrons. The van der Waals surface area contributed by atoms with Gasteiger partial charge in [0.25, 0.3) is 0 Å². The highest BCUT2D eigenvalue weighted by Crippen LogP contribution is 2.21. The van der Waals surface area contributed by atoms with E-state index in [1.807, 2.05) is 32.9 Å². The molecule has 1 aromatic carbocycles. The molecule has 0 aliphatic carbocycles. The van der Waals surface area contributed by atoms with Gasteiger partial charge in [-0.05, 0) is 44.9 Å². The normalized spacial score (nSPS) is 18.7. The minimum atomic E-state index is -0.460. The van der Waals surface area contributed by atoms with Crippen molar-refractivity contribution in [3.63, 3.8) is 0 Å².